The fourth-order valence-electron chi connectivity index (χ4n) is 3.30. The van der Waals surface area contributed by atoms with E-state index in [1.54, 1.807) is 0 Å². The molecular formula is C20H26N4O2. The Kier molecular flexibility index (Phi) is 5.83. The molecule has 26 heavy (non-hydrogen) atoms. The van der Waals surface area contributed by atoms with Crippen LogP contribution in [0.15, 0.2) is 24.3 Å². The molecule has 0 atom stereocenters. The predicted molar refractivity (Wildman–Crippen MR) is 102 cm³/mol. The van der Waals surface area contributed by atoms with Crippen LogP contribution in [-0.4, -0.2) is 54.4 Å². The Bertz CT molecular complexity index is 819. The van der Waals surface area contributed by atoms with Crippen molar-refractivity contribution in [2.75, 3.05) is 32.7 Å². The first-order chi connectivity index (χ1) is 12.6. The standard InChI is InChI=1S/C20H26N4O2/c1-3-15-5-6-18-16(12-15)17(11-14(2)23-18)20(26)22-7-4-9-24-10-8-21-19(25)13-24/h5-6,11-12H,3-4,7-10,13H2,1-2H3,(H,21,25)(H,22,26). The molecule has 1 aromatic carbocycles. The zero-order valence-corrected chi connectivity index (χ0v) is 15.5. The molecule has 3 rings (SSSR count). The van der Waals surface area contributed by atoms with Crippen molar-refractivity contribution in [2.45, 2.75) is 26.7 Å². The smallest absolute Gasteiger partial charge is 0.252 e. The SMILES string of the molecule is CCc1ccc2nc(C)cc(C(=O)NCCCN3CCNC(=O)C3)c2c1. The van der Waals surface area contributed by atoms with E-state index in [4.69, 9.17) is 0 Å². The third kappa shape index (κ3) is 4.38. The number of aromatic nitrogens is 1. The first kappa shape index (κ1) is 18.3. The van der Waals surface area contributed by atoms with Crippen molar-refractivity contribution in [3.63, 3.8) is 0 Å². The molecule has 1 aliphatic rings. The Balaban J connectivity index is 1.63. The van der Waals surface area contributed by atoms with Gasteiger partial charge in [0, 0.05) is 37.3 Å². The number of hydrogen-bond acceptors (Lipinski definition) is 4. The van der Waals surface area contributed by atoms with E-state index >= 15 is 0 Å². The minimum Gasteiger partial charge on any atom is -0.354 e. The van der Waals surface area contributed by atoms with E-state index in [0.717, 1.165) is 42.5 Å². The van der Waals surface area contributed by atoms with E-state index in [1.165, 1.54) is 5.56 Å². The van der Waals surface area contributed by atoms with Crippen LogP contribution in [0.25, 0.3) is 10.9 Å². The first-order valence-corrected chi connectivity index (χ1v) is 9.24. The normalized spacial score (nSPS) is 15.1. The number of carbonyl (C=O) groups excluding carboxylic acids is 2. The van der Waals surface area contributed by atoms with Gasteiger partial charge in [0.25, 0.3) is 5.91 Å². The number of hydrogen-bond donors (Lipinski definition) is 2. The number of rotatable bonds is 6. The van der Waals surface area contributed by atoms with Crippen molar-refractivity contribution in [1.82, 2.24) is 20.5 Å². The van der Waals surface area contributed by atoms with Crippen LogP contribution in [0.5, 0.6) is 0 Å². The second kappa shape index (κ2) is 8.27. The molecule has 0 aliphatic carbocycles. The zero-order valence-electron chi connectivity index (χ0n) is 15.5. The molecule has 0 saturated carbocycles. The topological polar surface area (TPSA) is 74.3 Å². The average Bonchev–Trinajstić information content (AvgIpc) is 2.64. The van der Waals surface area contributed by atoms with Gasteiger partial charge in [0.05, 0.1) is 17.6 Å². The van der Waals surface area contributed by atoms with Crippen molar-refractivity contribution in [3.05, 3.63) is 41.1 Å². The van der Waals surface area contributed by atoms with Gasteiger partial charge in [0.2, 0.25) is 5.91 Å². The summed E-state index contributed by atoms with van der Waals surface area (Å²) in [4.78, 5) is 30.7. The monoisotopic (exact) mass is 354 g/mol. The van der Waals surface area contributed by atoms with Crippen molar-refractivity contribution in [2.24, 2.45) is 0 Å². The van der Waals surface area contributed by atoms with Crippen LogP contribution in [0.4, 0.5) is 0 Å². The number of pyridine rings is 1. The molecule has 138 valence electrons. The fourth-order valence-corrected chi connectivity index (χ4v) is 3.30. The number of nitrogens with zero attached hydrogens (tertiary/aromatic N) is 2. The summed E-state index contributed by atoms with van der Waals surface area (Å²) in [6.07, 6.45) is 1.75. The maximum atomic E-state index is 12.7. The van der Waals surface area contributed by atoms with Gasteiger partial charge in [-0.1, -0.05) is 13.0 Å². The van der Waals surface area contributed by atoms with E-state index in [1.807, 2.05) is 19.1 Å². The number of amides is 2. The average molecular weight is 354 g/mol. The Morgan fingerprint density at radius 2 is 2.19 bits per heavy atom. The van der Waals surface area contributed by atoms with Crippen LogP contribution in [0.2, 0.25) is 0 Å². The maximum Gasteiger partial charge on any atom is 0.252 e. The van der Waals surface area contributed by atoms with Gasteiger partial charge in [-0.05, 0) is 43.5 Å². The van der Waals surface area contributed by atoms with Crippen LogP contribution < -0.4 is 10.6 Å². The Labute approximate surface area is 154 Å². The minimum atomic E-state index is -0.0647. The highest BCUT2D eigenvalue weighted by Crippen LogP contribution is 2.20. The molecule has 0 radical (unpaired) electrons. The highest BCUT2D eigenvalue weighted by atomic mass is 16.2. The number of benzene rings is 1. The minimum absolute atomic E-state index is 0.0647. The summed E-state index contributed by atoms with van der Waals surface area (Å²) in [5.74, 6) is 0.0101. The molecule has 1 aliphatic heterocycles. The van der Waals surface area contributed by atoms with Gasteiger partial charge >= 0.3 is 0 Å². The lowest BCUT2D eigenvalue weighted by atomic mass is 10.0. The van der Waals surface area contributed by atoms with Gasteiger partial charge < -0.3 is 10.6 Å². The molecule has 2 N–H and O–H groups in total. The molecular weight excluding hydrogens is 328 g/mol. The van der Waals surface area contributed by atoms with Gasteiger partial charge in [-0.25, -0.2) is 0 Å². The molecule has 2 amide bonds. The summed E-state index contributed by atoms with van der Waals surface area (Å²) in [5, 5.41) is 6.73. The maximum absolute atomic E-state index is 12.7. The van der Waals surface area contributed by atoms with Crippen LogP contribution in [-0.2, 0) is 11.2 Å². The molecule has 1 saturated heterocycles. The van der Waals surface area contributed by atoms with E-state index in [-0.39, 0.29) is 11.8 Å². The number of aryl methyl sites for hydroxylation is 2. The molecule has 1 aromatic heterocycles. The molecule has 6 nitrogen and oxygen atoms in total. The second-order valence-electron chi connectivity index (χ2n) is 6.75. The largest absolute Gasteiger partial charge is 0.354 e. The van der Waals surface area contributed by atoms with E-state index in [2.05, 4.69) is 39.6 Å². The lowest BCUT2D eigenvalue weighted by molar-refractivity contribution is -0.124. The summed E-state index contributed by atoms with van der Waals surface area (Å²) in [6, 6.07) is 7.96. The van der Waals surface area contributed by atoms with Crippen molar-refractivity contribution >= 4 is 22.7 Å². The highest BCUT2D eigenvalue weighted by molar-refractivity contribution is 6.06. The van der Waals surface area contributed by atoms with Crippen molar-refractivity contribution in [1.29, 1.82) is 0 Å². The van der Waals surface area contributed by atoms with Gasteiger partial charge in [-0.2, -0.15) is 0 Å². The van der Waals surface area contributed by atoms with E-state index < -0.39 is 0 Å². The van der Waals surface area contributed by atoms with Gasteiger partial charge in [-0.3, -0.25) is 19.5 Å². The number of carbonyl (C=O) groups is 2. The van der Waals surface area contributed by atoms with E-state index in [0.29, 0.717) is 25.2 Å². The molecule has 1 fully saturated rings. The third-order valence-electron chi connectivity index (χ3n) is 4.71. The zero-order chi connectivity index (χ0) is 18.5. The van der Waals surface area contributed by atoms with Gasteiger partial charge in [-0.15, -0.1) is 0 Å². The highest BCUT2D eigenvalue weighted by Gasteiger charge is 2.16. The molecule has 0 unspecified atom stereocenters. The molecule has 6 heteroatoms. The molecule has 0 spiro atoms. The lowest BCUT2D eigenvalue weighted by Gasteiger charge is -2.26. The lowest BCUT2D eigenvalue weighted by Crippen LogP contribution is -2.48. The Morgan fingerprint density at radius 1 is 1.35 bits per heavy atom. The number of piperazine rings is 1. The molecule has 0 bridgehead atoms. The van der Waals surface area contributed by atoms with Gasteiger partial charge in [0.15, 0.2) is 0 Å². The molecule has 2 heterocycles. The summed E-state index contributed by atoms with van der Waals surface area (Å²) in [5.41, 5.74) is 3.57. The third-order valence-corrected chi connectivity index (χ3v) is 4.71. The summed E-state index contributed by atoms with van der Waals surface area (Å²) >= 11 is 0. The summed E-state index contributed by atoms with van der Waals surface area (Å²) < 4.78 is 0. The van der Waals surface area contributed by atoms with Crippen LogP contribution in [0.1, 0.15) is 35.0 Å². The van der Waals surface area contributed by atoms with E-state index in [9.17, 15) is 9.59 Å². The van der Waals surface area contributed by atoms with Crippen LogP contribution in [0, 0.1) is 6.92 Å². The Hall–Kier alpha value is -2.47. The number of fused-ring (bicyclic) bond motifs is 1. The number of nitrogens with one attached hydrogen (secondary N) is 2. The first-order valence-electron chi connectivity index (χ1n) is 9.24. The summed E-state index contributed by atoms with van der Waals surface area (Å²) in [6.45, 7) is 7.43. The van der Waals surface area contributed by atoms with Crippen LogP contribution in [0.3, 0.4) is 0 Å². The fraction of sp³-hybridized carbons (Fsp3) is 0.450. The molecule has 2 aromatic rings. The second-order valence-corrected chi connectivity index (χ2v) is 6.75. The van der Waals surface area contributed by atoms with Gasteiger partial charge in [0.1, 0.15) is 0 Å². The predicted octanol–water partition coefficient (Wildman–Crippen LogP) is 1.66. The Morgan fingerprint density at radius 3 is 2.96 bits per heavy atom. The quantitative estimate of drug-likeness (QED) is 0.774. The van der Waals surface area contributed by atoms with Crippen molar-refractivity contribution in [3.8, 4) is 0 Å². The van der Waals surface area contributed by atoms with Crippen molar-refractivity contribution < 1.29 is 9.59 Å². The summed E-state index contributed by atoms with van der Waals surface area (Å²) in [7, 11) is 0. The van der Waals surface area contributed by atoms with Crippen LogP contribution >= 0.6 is 0 Å².